The average Bonchev–Trinajstić information content (AvgIpc) is 3.00. The fourth-order valence-electron chi connectivity index (χ4n) is 2.91. The second-order valence-corrected chi connectivity index (χ2v) is 7.75. The van der Waals surface area contributed by atoms with Crippen molar-refractivity contribution in [3.8, 4) is 17.2 Å². The topological polar surface area (TPSA) is 65.1 Å². The van der Waals surface area contributed by atoms with Crippen LogP contribution in [0.3, 0.4) is 0 Å². The summed E-state index contributed by atoms with van der Waals surface area (Å²) in [6.45, 7) is 5.04. The van der Waals surface area contributed by atoms with Crippen LogP contribution in [0.2, 0.25) is 0 Å². The molecule has 1 saturated heterocycles. The molecule has 158 valence electrons. The standard InChI is InChI=1S/C23H25NO5S/c1-4-11-29-19-9-8-17(14-20(19)27-3)15-21-22(25)24(23(26)30-21)10-12-28-18-7-5-6-16(2)13-18/h5-9,13-15H,4,10-12H2,1-3H3/b21-15-. The van der Waals surface area contributed by atoms with Gasteiger partial charge in [0.1, 0.15) is 12.4 Å². The van der Waals surface area contributed by atoms with Crippen molar-refractivity contribution in [2.45, 2.75) is 20.3 Å². The lowest BCUT2D eigenvalue weighted by molar-refractivity contribution is -0.123. The number of hydrogen-bond donors (Lipinski definition) is 0. The van der Waals surface area contributed by atoms with Crippen LogP contribution >= 0.6 is 11.8 Å². The van der Waals surface area contributed by atoms with Crippen molar-refractivity contribution in [3.63, 3.8) is 0 Å². The van der Waals surface area contributed by atoms with Crippen LogP contribution in [0.4, 0.5) is 4.79 Å². The van der Waals surface area contributed by atoms with Gasteiger partial charge < -0.3 is 14.2 Å². The van der Waals surface area contributed by atoms with Crippen molar-refractivity contribution in [2.24, 2.45) is 0 Å². The van der Waals surface area contributed by atoms with Gasteiger partial charge in [-0.3, -0.25) is 14.5 Å². The van der Waals surface area contributed by atoms with Crippen LogP contribution in [-0.4, -0.2) is 42.9 Å². The summed E-state index contributed by atoms with van der Waals surface area (Å²) in [7, 11) is 1.57. The molecule has 0 atom stereocenters. The Morgan fingerprint density at radius 1 is 1.03 bits per heavy atom. The van der Waals surface area contributed by atoms with E-state index in [-0.39, 0.29) is 24.3 Å². The highest BCUT2D eigenvalue weighted by atomic mass is 32.2. The Morgan fingerprint density at radius 2 is 1.87 bits per heavy atom. The number of amides is 2. The Bertz CT molecular complexity index is 956. The number of nitrogens with zero attached hydrogens (tertiary/aromatic N) is 1. The number of thioether (sulfide) groups is 1. The Morgan fingerprint density at radius 3 is 2.60 bits per heavy atom. The van der Waals surface area contributed by atoms with Gasteiger partial charge >= 0.3 is 0 Å². The fraction of sp³-hybridized carbons (Fsp3) is 0.304. The van der Waals surface area contributed by atoms with Gasteiger partial charge in [-0.25, -0.2) is 0 Å². The van der Waals surface area contributed by atoms with E-state index in [1.165, 1.54) is 4.90 Å². The van der Waals surface area contributed by atoms with E-state index >= 15 is 0 Å². The minimum atomic E-state index is -0.317. The normalized spacial score (nSPS) is 15.0. The van der Waals surface area contributed by atoms with Crippen LogP contribution in [0.25, 0.3) is 6.08 Å². The van der Waals surface area contributed by atoms with Gasteiger partial charge in [0.25, 0.3) is 11.1 Å². The van der Waals surface area contributed by atoms with Gasteiger partial charge in [0.15, 0.2) is 11.5 Å². The van der Waals surface area contributed by atoms with E-state index in [0.29, 0.717) is 23.0 Å². The molecular formula is C23H25NO5S. The quantitative estimate of drug-likeness (QED) is 0.530. The van der Waals surface area contributed by atoms with Crippen LogP contribution in [0.5, 0.6) is 17.2 Å². The lowest BCUT2D eigenvalue weighted by Crippen LogP contribution is -2.32. The van der Waals surface area contributed by atoms with E-state index in [4.69, 9.17) is 14.2 Å². The average molecular weight is 428 g/mol. The zero-order chi connectivity index (χ0) is 21.5. The second-order valence-electron chi connectivity index (χ2n) is 6.76. The minimum absolute atomic E-state index is 0.197. The van der Waals surface area contributed by atoms with Crippen LogP contribution in [0.15, 0.2) is 47.4 Å². The molecule has 1 aliphatic heterocycles. The summed E-state index contributed by atoms with van der Waals surface area (Å²) >= 11 is 0.928. The summed E-state index contributed by atoms with van der Waals surface area (Å²) in [6.07, 6.45) is 2.59. The third-order valence-corrected chi connectivity index (χ3v) is 5.30. The number of aryl methyl sites for hydroxylation is 1. The Balaban J connectivity index is 1.65. The van der Waals surface area contributed by atoms with Gasteiger partial charge in [-0.1, -0.05) is 25.1 Å². The van der Waals surface area contributed by atoms with Gasteiger partial charge in [0.2, 0.25) is 0 Å². The number of carbonyl (C=O) groups excluding carboxylic acids is 2. The molecule has 2 aromatic carbocycles. The molecule has 0 aromatic heterocycles. The van der Waals surface area contributed by atoms with E-state index in [1.807, 2.05) is 44.2 Å². The Kier molecular flexibility index (Phi) is 7.41. The smallest absolute Gasteiger partial charge is 0.293 e. The lowest BCUT2D eigenvalue weighted by Gasteiger charge is -2.13. The van der Waals surface area contributed by atoms with Gasteiger partial charge in [0.05, 0.1) is 25.2 Å². The van der Waals surface area contributed by atoms with E-state index in [1.54, 1.807) is 25.3 Å². The number of carbonyl (C=O) groups is 2. The second kappa shape index (κ2) is 10.2. The molecule has 1 heterocycles. The van der Waals surface area contributed by atoms with Crippen molar-refractivity contribution >= 4 is 29.0 Å². The molecule has 0 aliphatic carbocycles. The molecule has 1 fully saturated rings. The maximum Gasteiger partial charge on any atom is 0.293 e. The predicted molar refractivity (Wildman–Crippen MR) is 118 cm³/mol. The SMILES string of the molecule is CCCOc1ccc(/C=C2\SC(=O)N(CCOc3cccc(C)c3)C2=O)cc1OC. The molecular weight excluding hydrogens is 402 g/mol. The molecule has 3 rings (SSSR count). The predicted octanol–water partition coefficient (Wildman–Crippen LogP) is 4.91. The number of imide groups is 1. The first-order valence-corrected chi connectivity index (χ1v) is 10.6. The van der Waals surface area contributed by atoms with Gasteiger partial charge in [-0.15, -0.1) is 0 Å². The number of methoxy groups -OCH3 is 1. The summed E-state index contributed by atoms with van der Waals surface area (Å²) in [5.74, 6) is 1.64. The summed E-state index contributed by atoms with van der Waals surface area (Å²) in [4.78, 5) is 26.6. The molecule has 0 saturated carbocycles. The van der Waals surface area contributed by atoms with Gasteiger partial charge in [-0.05, 0) is 66.6 Å². The summed E-state index contributed by atoms with van der Waals surface area (Å²) in [5, 5.41) is -0.297. The fourth-order valence-corrected chi connectivity index (χ4v) is 3.77. The van der Waals surface area contributed by atoms with Gasteiger partial charge in [-0.2, -0.15) is 0 Å². The number of rotatable bonds is 9. The highest BCUT2D eigenvalue weighted by Crippen LogP contribution is 2.34. The molecule has 0 bridgehead atoms. The molecule has 0 spiro atoms. The van der Waals surface area contributed by atoms with Crippen molar-refractivity contribution < 1.29 is 23.8 Å². The third kappa shape index (κ3) is 5.36. The first-order valence-electron chi connectivity index (χ1n) is 9.77. The molecule has 1 aliphatic rings. The molecule has 7 heteroatoms. The molecule has 6 nitrogen and oxygen atoms in total. The monoisotopic (exact) mass is 427 g/mol. The Labute approximate surface area is 180 Å². The molecule has 0 radical (unpaired) electrons. The molecule has 30 heavy (non-hydrogen) atoms. The lowest BCUT2D eigenvalue weighted by atomic mass is 10.2. The van der Waals surface area contributed by atoms with Crippen molar-refractivity contribution in [2.75, 3.05) is 26.9 Å². The summed E-state index contributed by atoms with van der Waals surface area (Å²) in [6, 6.07) is 13.1. The zero-order valence-corrected chi connectivity index (χ0v) is 18.2. The molecule has 2 amide bonds. The minimum Gasteiger partial charge on any atom is -0.493 e. The van der Waals surface area contributed by atoms with E-state index in [0.717, 1.165) is 35.1 Å². The largest absolute Gasteiger partial charge is 0.493 e. The summed E-state index contributed by atoms with van der Waals surface area (Å²) < 4.78 is 16.7. The third-order valence-electron chi connectivity index (χ3n) is 4.39. The molecule has 0 unspecified atom stereocenters. The first-order chi connectivity index (χ1) is 14.5. The number of ether oxygens (including phenoxy) is 3. The highest BCUT2D eigenvalue weighted by molar-refractivity contribution is 8.18. The first kappa shape index (κ1) is 21.8. The van der Waals surface area contributed by atoms with Crippen LogP contribution < -0.4 is 14.2 Å². The summed E-state index contributed by atoms with van der Waals surface area (Å²) in [5.41, 5.74) is 1.85. The Hall–Kier alpha value is -2.93. The van der Waals surface area contributed by atoms with E-state index in [9.17, 15) is 9.59 Å². The van der Waals surface area contributed by atoms with E-state index in [2.05, 4.69) is 0 Å². The van der Waals surface area contributed by atoms with Crippen LogP contribution in [-0.2, 0) is 4.79 Å². The maximum absolute atomic E-state index is 12.7. The van der Waals surface area contributed by atoms with Crippen molar-refractivity contribution in [1.29, 1.82) is 0 Å². The van der Waals surface area contributed by atoms with E-state index < -0.39 is 0 Å². The van der Waals surface area contributed by atoms with Crippen LogP contribution in [0.1, 0.15) is 24.5 Å². The number of hydrogen-bond acceptors (Lipinski definition) is 6. The number of benzene rings is 2. The molecule has 0 N–H and O–H groups in total. The van der Waals surface area contributed by atoms with Crippen molar-refractivity contribution in [3.05, 3.63) is 58.5 Å². The van der Waals surface area contributed by atoms with Gasteiger partial charge in [0, 0.05) is 0 Å². The maximum atomic E-state index is 12.7. The zero-order valence-electron chi connectivity index (χ0n) is 17.3. The van der Waals surface area contributed by atoms with Crippen molar-refractivity contribution in [1.82, 2.24) is 4.90 Å². The van der Waals surface area contributed by atoms with Crippen LogP contribution in [0, 0.1) is 6.92 Å². The highest BCUT2D eigenvalue weighted by Gasteiger charge is 2.34. The molecule has 2 aromatic rings.